The number of nitrogens with one attached hydrogen (secondary N) is 1. The zero-order valence-corrected chi connectivity index (χ0v) is 12.9. The largest absolute Gasteiger partial charge is 0.491 e. The van der Waals surface area contributed by atoms with E-state index in [1.807, 2.05) is 20.8 Å². The van der Waals surface area contributed by atoms with Gasteiger partial charge in [0.25, 0.3) is 5.69 Å². The summed E-state index contributed by atoms with van der Waals surface area (Å²) in [6, 6.07) is 4.51. The van der Waals surface area contributed by atoms with E-state index in [-0.39, 0.29) is 17.8 Å². The van der Waals surface area contributed by atoms with Crippen molar-refractivity contribution in [2.45, 2.75) is 32.9 Å². The molecule has 0 bridgehead atoms. The molecule has 0 aliphatic heterocycles. The Hall–Kier alpha value is -1.63. The molecule has 0 fully saturated rings. The molecule has 6 nitrogen and oxygen atoms in total. The molecule has 1 rings (SSSR count). The summed E-state index contributed by atoms with van der Waals surface area (Å²) >= 11 is 0. The van der Waals surface area contributed by atoms with Crippen LogP contribution in [0.25, 0.3) is 0 Å². The van der Waals surface area contributed by atoms with Crippen molar-refractivity contribution in [1.29, 1.82) is 0 Å². The molecule has 0 radical (unpaired) electrons. The number of benzene rings is 1. The first-order valence-electron chi connectivity index (χ1n) is 6.30. The van der Waals surface area contributed by atoms with E-state index in [0.717, 1.165) is 0 Å². The SMILES string of the molecule is CC(CS(C)=O)Nc1cc(OC(C)C)cc([N+](=O)[O-])c1. The number of anilines is 1. The van der Waals surface area contributed by atoms with Gasteiger partial charge >= 0.3 is 0 Å². The van der Waals surface area contributed by atoms with Gasteiger partial charge in [-0.1, -0.05) is 0 Å². The van der Waals surface area contributed by atoms with Crippen molar-refractivity contribution in [1.82, 2.24) is 0 Å². The molecule has 1 aromatic carbocycles. The van der Waals surface area contributed by atoms with E-state index in [2.05, 4.69) is 5.32 Å². The second kappa shape index (κ2) is 7.23. The Bertz CT molecular complexity index is 505. The van der Waals surface area contributed by atoms with E-state index in [0.29, 0.717) is 17.2 Å². The van der Waals surface area contributed by atoms with Crippen LogP contribution in [0.5, 0.6) is 5.75 Å². The summed E-state index contributed by atoms with van der Waals surface area (Å²) < 4.78 is 16.7. The molecule has 2 atom stereocenters. The lowest BCUT2D eigenvalue weighted by Crippen LogP contribution is -2.22. The van der Waals surface area contributed by atoms with Gasteiger partial charge in [0.2, 0.25) is 0 Å². The van der Waals surface area contributed by atoms with Crippen molar-refractivity contribution in [2.75, 3.05) is 17.3 Å². The second-order valence-electron chi connectivity index (χ2n) is 4.92. The normalized spacial score (nSPS) is 13.8. The van der Waals surface area contributed by atoms with Gasteiger partial charge in [-0.2, -0.15) is 0 Å². The molecule has 20 heavy (non-hydrogen) atoms. The molecule has 0 heterocycles. The Labute approximate surface area is 121 Å². The summed E-state index contributed by atoms with van der Waals surface area (Å²) in [6.45, 7) is 5.59. The highest BCUT2D eigenvalue weighted by molar-refractivity contribution is 7.84. The van der Waals surface area contributed by atoms with Crippen molar-refractivity contribution >= 4 is 22.2 Å². The Balaban J connectivity index is 2.96. The maximum Gasteiger partial charge on any atom is 0.275 e. The summed E-state index contributed by atoms with van der Waals surface area (Å²) in [5, 5.41) is 14.0. The van der Waals surface area contributed by atoms with Crippen molar-refractivity contribution < 1.29 is 13.9 Å². The van der Waals surface area contributed by atoms with Crippen LogP contribution in [0.15, 0.2) is 18.2 Å². The number of nitro benzene ring substituents is 1. The van der Waals surface area contributed by atoms with Gasteiger partial charge < -0.3 is 10.1 Å². The summed E-state index contributed by atoms with van der Waals surface area (Å²) in [4.78, 5) is 10.5. The van der Waals surface area contributed by atoms with Crippen LogP contribution < -0.4 is 10.1 Å². The van der Waals surface area contributed by atoms with E-state index in [1.54, 1.807) is 12.3 Å². The minimum absolute atomic E-state index is 0.0320. The molecule has 2 unspecified atom stereocenters. The Morgan fingerprint density at radius 1 is 1.35 bits per heavy atom. The lowest BCUT2D eigenvalue weighted by atomic mass is 10.2. The van der Waals surface area contributed by atoms with E-state index < -0.39 is 15.7 Å². The Morgan fingerprint density at radius 3 is 2.50 bits per heavy atom. The first kappa shape index (κ1) is 16.4. The van der Waals surface area contributed by atoms with Crippen LogP contribution in [0.1, 0.15) is 20.8 Å². The third-order valence-corrected chi connectivity index (χ3v) is 3.34. The van der Waals surface area contributed by atoms with Crippen molar-refractivity contribution in [3.05, 3.63) is 28.3 Å². The van der Waals surface area contributed by atoms with Crippen LogP contribution in [-0.2, 0) is 10.8 Å². The van der Waals surface area contributed by atoms with Gasteiger partial charge in [0.15, 0.2) is 0 Å². The third-order valence-electron chi connectivity index (χ3n) is 2.37. The zero-order valence-electron chi connectivity index (χ0n) is 12.1. The van der Waals surface area contributed by atoms with Crippen molar-refractivity contribution in [3.8, 4) is 5.75 Å². The van der Waals surface area contributed by atoms with Gasteiger partial charge in [-0.15, -0.1) is 0 Å². The molecule has 0 saturated carbocycles. The number of hydrogen-bond donors (Lipinski definition) is 1. The van der Waals surface area contributed by atoms with E-state index in [1.165, 1.54) is 12.1 Å². The monoisotopic (exact) mass is 300 g/mol. The number of rotatable bonds is 7. The van der Waals surface area contributed by atoms with Gasteiger partial charge in [-0.3, -0.25) is 14.3 Å². The van der Waals surface area contributed by atoms with Crippen molar-refractivity contribution in [3.63, 3.8) is 0 Å². The Morgan fingerprint density at radius 2 is 2.00 bits per heavy atom. The first-order valence-corrected chi connectivity index (χ1v) is 8.03. The van der Waals surface area contributed by atoms with Gasteiger partial charge in [-0.25, -0.2) is 0 Å². The molecular weight excluding hydrogens is 280 g/mol. The molecule has 0 amide bonds. The topological polar surface area (TPSA) is 81.5 Å². The number of nitrogens with zero attached hydrogens (tertiary/aromatic N) is 1. The minimum Gasteiger partial charge on any atom is -0.491 e. The van der Waals surface area contributed by atoms with Crippen LogP contribution in [-0.4, -0.2) is 33.3 Å². The number of ether oxygens (including phenoxy) is 1. The maximum absolute atomic E-state index is 11.2. The highest BCUT2D eigenvalue weighted by Crippen LogP contribution is 2.27. The Kier molecular flexibility index (Phi) is 5.94. The molecule has 0 aliphatic carbocycles. The van der Waals surface area contributed by atoms with Gasteiger partial charge in [0.1, 0.15) is 5.75 Å². The molecular formula is C13H20N2O4S. The molecule has 1 N–H and O–H groups in total. The van der Waals surface area contributed by atoms with Gasteiger partial charge in [-0.05, 0) is 20.8 Å². The highest BCUT2D eigenvalue weighted by atomic mass is 32.2. The number of nitro groups is 1. The number of hydrogen-bond acceptors (Lipinski definition) is 5. The number of non-ortho nitro benzene ring substituents is 1. The minimum atomic E-state index is -0.926. The fourth-order valence-corrected chi connectivity index (χ4v) is 2.58. The average Bonchev–Trinajstić information content (AvgIpc) is 2.25. The predicted molar refractivity (Wildman–Crippen MR) is 80.9 cm³/mol. The standard InChI is InChI=1S/C13H20N2O4S/c1-9(2)19-13-6-11(5-12(7-13)15(16)17)14-10(3)8-20(4)18/h5-7,9-10,14H,8H2,1-4H3. The molecule has 0 spiro atoms. The average molecular weight is 300 g/mol. The molecule has 0 saturated heterocycles. The van der Waals surface area contributed by atoms with Crippen LogP contribution in [0.3, 0.4) is 0 Å². The maximum atomic E-state index is 11.2. The fourth-order valence-electron chi connectivity index (χ4n) is 1.79. The van der Waals surface area contributed by atoms with Gasteiger partial charge in [0.05, 0.1) is 17.1 Å². The molecule has 1 aromatic rings. The molecule has 112 valence electrons. The van der Waals surface area contributed by atoms with E-state index >= 15 is 0 Å². The highest BCUT2D eigenvalue weighted by Gasteiger charge is 2.13. The van der Waals surface area contributed by atoms with E-state index in [4.69, 9.17) is 4.74 Å². The summed E-state index contributed by atoms with van der Waals surface area (Å²) in [5.41, 5.74) is 0.559. The van der Waals surface area contributed by atoms with Crippen LogP contribution >= 0.6 is 0 Å². The van der Waals surface area contributed by atoms with Crippen LogP contribution in [0.2, 0.25) is 0 Å². The smallest absolute Gasteiger partial charge is 0.275 e. The zero-order chi connectivity index (χ0) is 15.3. The predicted octanol–water partition coefficient (Wildman–Crippen LogP) is 2.56. The summed E-state index contributed by atoms with van der Waals surface area (Å²) in [6.07, 6.45) is 1.56. The molecule has 0 aromatic heterocycles. The van der Waals surface area contributed by atoms with Crippen LogP contribution in [0.4, 0.5) is 11.4 Å². The quantitative estimate of drug-likeness (QED) is 0.618. The van der Waals surface area contributed by atoms with Crippen LogP contribution in [0, 0.1) is 10.1 Å². The first-order chi connectivity index (χ1) is 9.27. The summed E-state index contributed by atoms with van der Waals surface area (Å²) in [5.74, 6) is 0.921. The lowest BCUT2D eigenvalue weighted by molar-refractivity contribution is -0.384. The second-order valence-corrected chi connectivity index (χ2v) is 6.40. The lowest BCUT2D eigenvalue weighted by Gasteiger charge is -2.16. The summed E-state index contributed by atoms with van der Waals surface area (Å²) in [7, 11) is -0.926. The molecule has 0 aliphatic rings. The molecule has 7 heteroatoms. The fraction of sp³-hybridized carbons (Fsp3) is 0.538. The van der Waals surface area contributed by atoms with Gasteiger partial charge in [0, 0.05) is 46.7 Å². The van der Waals surface area contributed by atoms with Crippen molar-refractivity contribution in [2.24, 2.45) is 0 Å². The third kappa shape index (κ3) is 5.56. The van der Waals surface area contributed by atoms with E-state index in [9.17, 15) is 14.3 Å².